The van der Waals surface area contributed by atoms with Crippen LogP contribution in [0.25, 0.3) is 0 Å². The van der Waals surface area contributed by atoms with Crippen molar-refractivity contribution >= 4 is 44.4 Å². The number of amides is 1. The van der Waals surface area contributed by atoms with Crippen LogP contribution in [-0.2, 0) is 5.54 Å². The number of carbonyl (C=O) groups excluding carboxylic acids is 1. The van der Waals surface area contributed by atoms with Crippen LogP contribution < -0.4 is 5.32 Å². The number of hydrogen-bond donors (Lipinski definition) is 1. The van der Waals surface area contributed by atoms with Gasteiger partial charge in [0.2, 0.25) is 0 Å². The maximum absolute atomic E-state index is 12.4. The molecule has 0 aliphatic carbocycles. The zero-order valence-corrected chi connectivity index (χ0v) is 14.8. The molecule has 1 amide bonds. The minimum atomic E-state index is -0.429. The second-order valence-corrected chi connectivity index (χ2v) is 6.60. The van der Waals surface area contributed by atoms with Crippen molar-refractivity contribution in [3.63, 3.8) is 0 Å². The number of carbonyl (C=O) groups is 1. The van der Waals surface area contributed by atoms with Gasteiger partial charge in [-0.1, -0.05) is 46.3 Å². The van der Waals surface area contributed by atoms with E-state index in [1.807, 2.05) is 61.5 Å². The summed E-state index contributed by atoms with van der Waals surface area (Å²) in [5.74, 6) is -0.0628. The van der Waals surface area contributed by atoms with Gasteiger partial charge in [0.05, 0.1) is 5.54 Å². The van der Waals surface area contributed by atoms with Crippen LogP contribution >= 0.6 is 38.5 Å². The van der Waals surface area contributed by atoms with Gasteiger partial charge in [-0.25, -0.2) is 0 Å². The highest BCUT2D eigenvalue weighted by Crippen LogP contribution is 2.23. The summed E-state index contributed by atoms with van der Waals surface area (Å²) in [4.78, 5) is 12.4. The molecule has 104 valence electrons. The minimum Gasteiger partial charge on any atom is -0.342 e. The van der Waals surface area contributed by atoms with Crippen molar-refractivity contribution in [1.82, 2.24) is 5.32 Å². The number of alkyl halides is 1. The minimum absolute atomic E-state index is 0.0628. The average Bonchev–Trinajstić information content (AvgIpc) is 2.48. The lowest BCUT2D eigenvalue weighted by Crippen LogP contribution is -2.44. The van der Waals surface area contributed by atoms with Crippen molar-refractivity contribution in [2.45, 2.75) is 12.5 Å². The van der Waals surface area contributed by atoms with Gasteiger partial charge in [-0.3, -0.25) is 4.79 Å². The molecule has 0 saturated carbocycles. The zero-order valence-electron chi connectivity index (χ0n) is 11.1. The smallest absolute Gasteiger partial charge is 0.251 e. The van der Waals surface area contributed by atoms with Crippen molar-refractivity contribution in [3.8, 4) is 0 Å². The molecule has 2 aromatic rings. The average molecular weight is 444 g/mol. The summed E-state index contributed by atoms with van der Waals surface area (Å²) < 4.78 is 1.12. The van der Waals surface area contributed by atoms with E-state index >= 15 is 0 Å². The highest BCUT2D eigenvalue weighted by atomic mass is 127. The Bertz CT molecular complexity index is 585. The lowest BCUT2D eigenvalue weighted by Gasteiger charge is -2.29. The van der Waals surface area contributed by atoms with E-state index in [1.165, 1.54) is 0 Å². The Morgan fingerprint density at radius 3 is 2.30 bits per heavy atom. The molecule has 2 aromatic carbocycles. The Kier molecular flexibility index (Phi) is 5.21. The van der Waals surface area contributed by atoms with Gasteiger partial charge in [0.15, 0.2) is 0 Å². The fourth-order valence-electron chi connectivity index (χ4n) is 1.91. The van der Waals surface area contributed by atoms with E-state index in [2.05, 4.69) is 43.8 Å². The molecule has 20 heavy (non-hydrogen) atoms. The maximum atomic E-state index is 12.4. The molecule has 0 spiro atoms. The quantitative estimate of drug-likeness (QED) is 0.553. The van der Waals surface area contributed by atoms with Crippen LogP contribution in [0.2, 0.25) is 0 Å². The van der Waals surface area contributed by atoms with Gasteiger partial charge in [-0.2, -0.15) is 0 Å². The molecular formula is C16H15BrINO. The topological polar surface area (TPSA) is 29.1 Å². The standard InChI is InChI=1S/C16H15BrINO/c1-16(11-17,13-5-3-2-4-6-13)19-15(20)12-7-9-14(18)10-8-12/h2-10H,11H2,1H3,(H,19,20). The van der Waals surface area contributed by atoms with Gasteiger partial charge in [0.1, 0.15) is 0 Å². The van der Waals surface area contributed by atoms with Crippen LogP contribution in [-0.4, -0.2) is 11.2 Å². The van der Waals surface area contributed by atoms with Crippen LogP contribution in [0.15, 0.2) is 54.6 Å². The SMILES string of the molecule is CC(CBr)(NC(=O)c1ccc(I)cc1)c1ccccc1. The van der Waals surface area contributed by atoms with Crippen molar-refractivity contribution < 1.29 is 4.79 Å². The monoisotopic (exact) mass is 443 g/mol. The van der Waals surface area contributed by atoms with Gasteiger partial charge >= 0.3 is 0 Å². The third-order valence-electron chi connectivity index (χ3n) is 3.17. The summed E-state index contributed by atoms with van der Waals surface area (Å²) >= 11 is 5.73. The first kappa shape index (κ1) is 15.5. The van der Waals surface area contributed by atoms with E-state index in [0.717, 1.165) is 9.13 Å². The van der Waals surface area contributed by atoms with Gasteiger partial charge in [-0.05, 0) is 59.3 Å². The largest absolute Gasteiger partial charge is 0.342 e. The molecule has 2 nitrogen and oxygen atoms in total. The summed E-state index contributed by atoms with van der Waals surface area (Å²) in [7, 11) is 0. The number of rotatable bonds is 4. The highest BCUT2D eigenvalue weighted by molar-refractivity contribution is 14.1. The van der Waals surface area contributed by atoms with Gasteiger partial charge in [0, 0.05) is 14.5 Å². The Labute approximate surface area is 141 Å². The highest BCUT2D eigenvalue weighted by Gasteiger charge is 2.27. The van der Waals surface area contributed by atoms with E-state index in [1.54, 1.807) is 0 Å². The Morgan fingerprint density at radius 1 is 1.15 bits per heavy atom. The molecule has 1 atom stereocenters. The summed E-state index contributed by atoms with van der Waals surface area (Å²) in [6.45, 7) is 2.02. The molecule has 0 heterocycles. The molecule has 1 N–H and O–H groups in total. The Morgan fingerprint density at radius 2 is 1.75 bits per heavy atom. The molecule has 2 rings (SSSR count). The predicted molar refractivity (Wildman–Crippen MR) is 94.2 cm³/mol. The van der Waals surface area contributed by atoms with E-state index in [-0.39, 0.29) is 5.91 Å². The molecule has 0 aliphatic heterocycles. The molecule has 0 aliphatic rings. The first-order valence-corrected chi connectivity index (χ1v) is 8.45. The van der Waals surface area contributed by atoms with Crippen molar-refractivity contribution in [3.05, 3.63) is 69.3 Å². The molecule has 0 fully saturated rings. The third-order valence-corrected chi connectivity index (χ3v) is 5.01. The normalized spacial score (nSPS) is 13.6. The Balaban J connectivity index is 2.22. The second kappa shape index (κ2) is 6.72. The van der Waals surface area contributed by atoms with Gasteiger partial charge in [0.25, 0.3) is 5.91 Å². The lowest BCUT2D eigenvalue weighted by molar-refractivity contribution is 0.0914. The molecule has 4 heteroatoms. The van der Waals surface area contributed by atoms with E-state index in [4.69, 9.17) is 0 Å². The fourth-order valence-corrected chi connectivity index (χ4v) is 2.74. The molecule has 0 saturated heterocycles. The molecule has 0 bridgehead atoms. The van der Waals surface area contributed by atoms with Crippen molar-refractivity contribution in [1.29, 1.82) is 0 Å². The number of halogens is 2. The van der Waals surface area contributed by atoms with Crippen LogP contribution in [0, 0.1) is 3.57 Å². The second-order valence-electron chi connectivity index (χ2n) is 4.79. The number of benzene rings is 2. The van der Waals surface area contributed by atoms with Gasteiger partial charge < -0.3 is 5.32 Å². The molecule has 0 radical (unpaired) electrons. The fraction of sp³-hybridized carbons (Fsp3) is 0.188. The third kappa shape index (κ3) is 3.61. The van der Waals surface area contributed by atoms with Crippen molar-refractivity contribution in [2.75, 3.05) is 5.33 Å². The van der Waals surface area contributed by atoms with Crippen molar-refractivity contribution in [2.24, 2.45) is 0 Å². The van der Waals surface area contributed by atoms with Gasteiger partial charge in [-0.15, -0.1) is 0 Å². The first-order valence-electron chi connectivity index (χ1n) is 6.25. The first-order chi connectivity index (χ1) is 9.55. The van der Waals surface area contributed by atoms with Crippen LogP contribution in [0.3, 0.4) is 0 Å². The molecular weight excluding hydrogens is 429 g/mol. The molecule has 1 unspecified atom stereocenters. The summed E-state index contributed by atoms with van der Waals surface area (Å²) in [6.07, 6.45) is 0. The summed E-state index contributed by atoms with van der Waals surface area (Å²) in [5.41, 5.74) is 1.32. The van der Waals surface area contributed by atoms with E-state index in [9.17, 15) is 4.79 Å². The maximum Gasteiger partial charge on any atom is 0.251 e. The number of nitrogens with one attached hydrogen (secondary N) is 1. The summed E-state index contributed by atoms with van der Waals surface area (Å²) in [5, 5.41) is 3.76. The number of hydrogen-bond acceptors (Lipinski definition) is 1. The van der Waals surface area contributed by atoms with Crippen LogP contribution in [0.4, 0.5) is 0 Å². The van der Waals surface area contributed by atoms with Crippen LogP contribution in [0.5, 0.6) is 0 Å². The van der Waals surface area contributed by atoms with E-state index in [0.29, 0.717) is 10.9 Å². The zero-order chi connectivity index (χ0) is 14.6. The van der Waals surface area contributed by atoms with E-state index < -0.39 is 5.54 Å². The Hall–Kier alpha value is -0.880. The van der Waals surface area contributed by atoms with Crippen LogP contribution in [0.1, 0.15) is 22.8 Å². The lowest BCUT2D eigenvalue weighted by atomic mass is 9.94. The summed E-state index contributed by atoms with van der Waals surface area (Å²) in [6, 6.07) is 17.5. The molecule has 0 aromatic heterocycles. The predicted octanol–water partition coefficient (Wildman–Crippen LogP) is 4.33.